The average Bonchev–Trinajstić information content (AvgIpc) is 4.25. The van der Waals surface area contributed by atoms with Gasteiger partial charge in [-0.2, -0.15) is 0 Å². The summed E-state index contributed by atoms with van der Waals surface area (Å²) < 4.78 is 4.84. The highest BCUT2D eigenvalue weighted by molar-refractivity contribution is 6.12. The minimum atomic E-state index is 1.09. The smallest absolute Gasteiger partial charge is 0.0541 e. The van der Waals surface area contributed by atoms with Crippen molar-refractivity contribution in [3.63, 3.8) is 0 Å². The average molecular weight is 980 g/mol. The molecule has 0 fully saturated rings. The molecule has 0 N–H and O–H groups in total. The van der Waals surface area contributed by atoms with Gasteiger partial charge in [0.25, 0.3) is 0 Å². The zero-order valence-corrected chi connectivity index (χ0v) is 42.1. The third kappa shape index (κ3) is 7.75. The molecule has 0 aliphatic carbocycles. The number of nitrogens with zero attached hydrogens (tertiary/aromatic N) is 3. The van der Waals surface area contributed by atoms with Crippen LogP contribution in [0.2, 0.25) is 0 Å². The van der Waals surface area contributed by atoms with Crippen LogP contribution in [0.4, 0.5) is 17.1 Å². The summed E-state index contributed by atoms with van der Waals surface area (Å²) in [5.41, 5.74) is 19.7. The fraction of sp³-hybridized carbons (Fsp3) is 0. The summed E-state index contributed by atoms with van der Waals surface area (Å²) in [5.74, 6) is 0. The molecule has 0 saturated carbocycles. The molecule has 0 spiro atoms. The summed E-state index contributed by atoms with van der Waals surface area (Å²) in [5, 5.41) is 9.85. The Morgan fingerprint density at radius 2 is 0.545 bits per heavy atom. The minimum absolute atomic E-state index is 1.09. The lowest BCUT2D eigenvalue weighted by molar-refractivity contribution is 1.19. The van der Waals surface area contributed by atoms with Crippen molar-refractivity contribution < 1.29 is 0 Å². The van der Waals surface area contributed by atoms with E-state index in [1.54, 1.807) is 0 Å². The van der Waals surface area contributed by atoms with Gasteiger partial charge >= 0.3 is 0 Å². The zero-order chi connectivity index (χ0) is 50.8. The van der Waals surface area contributed by atoms with Crippen LogP contribution in [0.1, 0.15) is 0 Å². The third-order valence-electron chi connectivity index (χ3n) is 15.6. The molecule has 3 nitrogen and oxygen atoms in total. The van der Waals surface area contributed by atoms with Crippen LogP contribution in [0.3, 0.4) is 0 Å². The molecule has 0 saturated heterocycles. The maximum absolute atomic E-state index is 2.42. The monoisotopic (exact) mass is 979 g/mol. The Morgan fingerprint density at radius 1 is 0.195 bits per heavy atom. The summed E-state index contributed by atoms with van der Waals surface area (Å²) in [7, 11) is 0. The van der Waals surface area contributed by atoms with Gasteiger partial charge in [0.15, 0.2) is 0 Å². The van der Waals surface area contributed by atoms with E-state index in [0.717, 1.165) is 50.7 Å². The van der Waals surface area contributed by atoms with Gasteiger partial charge in [-0.05, 0) is 181 Å². The van der Waals surface area contributed by atoms with Gasteiger partial charge in [-0.1, -0.05) is 182 Å². The molecule has 2 aromatic heterocycles. The van der Waals surface area contributed by atoms with Gasteiger partial charge in [0.2, 0.25) is 0 Å². The van der Waals surface area contributed by atoms with Crippen molar-refractivity contribution in [1.82, 2.24) is 9.13 Å². The van der Waals surface area contributed by atoms with Crippen molar-refractivity contribution in [2.45, 2.75) is 0 Å². The van der Waals surface area contributed by atoms with Crippen molar-refractivity contribution in [3.05, 3.63) is 297 Å². The van der Waals surface area contributed by atoms with Crippen LogP contribution in [0.25, 0.3) is 121 Å². The van der Waals surface area contributed by atoms with E-state index in [1.807, 2.05) is 0 Å². The Bertz CT molecular complexity index is 4500. The Morgan fingerprint density at radius 3 is 1.04 bits per heavy atom. The maximum Gasteiger partial charge on any atom is 0.0541 e. The number of para-hydroxylation sites is 3. The molecule has 360 valence electrons. The normalized spacial score (nSPS) is 11.6. The van der Waals surface area contributed by atoms with Gasteiger partial charge in [-0.25, -0.2) is 0 Å². The van der Waals surface area contributed by atoms with Crippen molar-refractivity contribution >= 4 is 82.2 Å². The number of fused-ring (bicyclic) bond motifs is 8. The van der Waals surface area contributed by atoms with Gasteiger partial charge in [-0.3, -0.25) is 0 Å². The summed E-state index contributed by atoms with van der Waals surface area (Å²) in [6.07, 6.45) is 0. The molecular weight excluding hydrogens is 931 g/mol. The van der Waals surface area contributed by atoms with Crippen LogP contribution in [-0.2, 0) is 0 Å². The van der Waals surface area contributed by atoms with E-state index < -0.39 is 0 Å². The summed E-state index contributed by atoms with van der Waals surface area (Å²) >= 11 is 0. The van der Waals surface area contributed by atoms with Crippen molar-refractivity contribution in [2.24, 2.45) is 0 Å². The highest BCUT2D eigenvalue weighted by atomic mass is 15.1. The van der Waals surface area contributed by atoms with Crippen LogP contribution < -0.4 is 4.90 Å². The first-order chi connectivity index (χ1) is 38.1. The van der Waals surface area contributed by atoms with Crippen LogP contribution >= 0.6 is 0 Å². The van der Waals surface area contributed by atoms with Crippen molar-refractivity contribution in [1.29, 1.82) is 0 Å². The molecule has 0 radical (unpaired) electrons. The molecule has 0 unspecified atom stereocenters. The first kappa shape index (κ1) is 44.3. The lowest BCUT2D eigenvalue weighted by atomic mass is 9.92. The van der Waals surface area contributed by atoms with Gasteiger partial charge in [0, 0.05) is 50.0 Å². The molecular formula is C74H49N3. The second kappa shape index (κ2) is 18.3. The highest BCUT2D eigenvalue weighted by Gasteiger charge is 2.19. The molecule has 0 aliphatic heterocycles. The zero-order valence-electron chi connectivity index (χ0n) is 42.1. The van der Waals surface area contributed by atoms with Gasteiger partial charge in [-0.15, -0.1) is 0 Å². The summed E-state index contributed by atoms with van der Waals surface area (Å²) in [4.78, 5) is 2.34. The molecule has 15 aromatic rings. The minimum Gasteiger partial charge on any atom is -0.311 e. The topological polar surface area (TPSA) is 13.1 Å². The Hall–Kier alpha value is -10.2. The predicted octanol–water partition coefficient (Wildman–Crippen LogP) is 20.3. The standard InChI is InChI=1S/C74H49N3/c1-3-15-50(16-4-1)53-27-35-63(36-28-53)75(62-21-5-2-6-22-62)64-37-29-54(30-38-64)59-43-60(57-33-41-73-69(48-57)67-23-11-13-25-71(67)76(73)65-39-31-51-17-7-9-19-55(51)46-65)45-61(44-59)58-34-42-74-70(49-58)68-24-12-14-26-72(68)77(74)66-40-32-52-18-8-10-20-56(52)47-66/h1-49H. The SMILES string of the molecule is c1ccc(-c2ccc(N(c3ccccc3)c3ccc(-c4cc(-c5ccc6c(c5)c5ccccc5n6-c5ccc6ccccc6c5)cc(-c5ccc6c(c5)c5ccccc5n6-c5ccc6ccccc6c5)c4)cc3)cc2)cc1. The van der Waals surface area contributed by atoms with E-state index in [2.05, 4.69) is 311 Å². The first-order valence-electron chi connectivity index (χ1n) is 26.5. The third-order valence-corrected chi connectivity index (χ3v) is 15.6. The van der Waals surface area contributed by atoms with E-state index in [0.29, 0.717) is 0 Å². The lowest BCUT2D eigenvalue weighted by Gasteiger charge is -2.26. The molecule has 0 amide bonds. The number of anilines is 3. The van der Waals surface area contributed by atoms with E-state index >= 15 is 0 Å². The van der Waals surface area contributed by atoms with E-state index in [-0.39, 0.29) is 0 Å². The lowest BCUT2D eigenvalue weighted by Crippen LogP contribution is -2.09. The van der Waals surface area contributed by atoms with E-state index in [9.17, 15) is 0 Å². The molecule has 77 heavy (non-hydrogen) atoms. The number of hydrogen-bond acceptors (Lipinski definition) is 1. The number of rotatable bonds is 9. The van der Waals surface area contributed by atoms with Crippen molar-refractivity contribution in [2.75, 3.05) is 4.90 Å². The van der Waals surface area contributed by atoms with Crippen LogP contribution in [-0.4, -0.2) is 9.13 Å². The van der Waals surface area contributed by atoms with E-state index in [1.165, 1.54) is 87.4 Å². The maximum atomic E-state index is 2.42. The second-order valence-corrected chi connectivity index (χ2v) is 20.2. The summed E-state index contributed by atoms with van der Waals surface area (Å²) in [6.45, 7) is 0. The quantitative estimate of drug-likeness (QED) is 0.140. The second-order valence-electron chi connectivity index (χ2n) is 20.2. The number of benzene rings is 13. The predicted molar refractivity (Wildman–Crippen MR) is 327 cm³/mol. The number of aromatic nitrogens is 2. The Labute approximate surface area is 447 Å². The first-order valence-corrected chi connectivity index (χ1v) is 26.5. The van der Waals surface area contributed by atoms with Gasteiger partial charge in [0.1, 0.15) is 0 Å². The van der Waals surface area contributed by atoms with Crippen LogP contribution in [0.15, 0.2) is 297 Å². The van der Waals surface area contributed by atoms with Gasteiger partial charge < -0.3 is 14.0 Å². The van der Waals surface area contributed by atoms with Crippen molar-refractivity contribution in [3.8, 4) is 55.9 Å². The Balaban J connectivity index is 0.883. The molecule has 2 heterocycles. The van der Waals surface area contributed by atoms with E-state index in [4.69, 9.17) is 0 Å². The molecule has 0 atom stereocenters. The van der Waals surface area contributed by atoms with Crippen LogP contribution in [0, 0.1) is 0 Å². The molecule has 0 aliphatic rings. The molecule has 3 heteroatoms. The summed E-state index contributed by atoms with van der Waals surface area (Å²) in [6, 6.07) is 109. The van der Waals surface area contributed by atoms with Crippen LogP contribution in [0.5, 0.6) is 0 Å². The number of hydrogen-bond donors (Lipinski definition) is 0. The molecule has 13 aromatic carbocycles. The fourth-order valence-corrected chi connectivity index (χ4v) is 11.9. The Kier molecular flexibility index (Phi) is 10.5. The molecule has 15 rings (SSSR count). The highest BCUT2D eigenvalue weighted by Crippen LogP contribution is 2.42. The largest absolute Gasteiger partial charge is 0.311 e. The van der Waals surface area contributed by atoms with Gasteiger partial charge in [0.05, 0.1) is 22.1 Å². The fourth-order valence-electron chi connectivity index (χ4n) is 11.9. The molecule has 0 bridgehead atoms.